The molecule has 22 heavy (non-hydrogen) atoms. The lowest BCUT2D eigenvalue weighted by Crippen LogP contribution is -2.32. The van der Waals surface area contributed by atoms with Crippen molar-refractivity contribution in [1.29, 1.82) is 0 Å². The summed E-state index contributed by atoms with van der Waals surface area (Å²) in [6.07, 6.45) is 1.21. The van der Waals surface area contributed by atoms with Gasteiger partial charge in [0.1, 0.15) is 0 Å². The molecule has 0 bridgehead atoms. The van der Waals surface area contributed by atoms with E-state index in [9.17, 15) is 9.59 Å². The highest BCUT2D eigenvalue weighted by Gasteiger charge is 2.26. The van der Waals surface area contributed by atoms with Crippen molar-refractivity contribution in [3.8, 4) is 0 Å². The van der Waals surface area contributed by atoms with Gasteiger partial charge in [-0.2, -0.15) is 5.10 Å². The number of nitrogens with one attached hydrogen (secondary N) is 1. The molecule has 114 valence electrons. The number of amides is 2. The molecule has 1 aromatic heterocycles. The number of carbonyl (C=O) groups is 2. The van der Waals surface area contributed by atoms with Crippen LogP contribution in [0, 0.1) is 0 Å². The molecular formula is C14H15N5O3. The fourth-order valence-corrected chi connectivity index (χ4v) is 2.34. The molecule has 2 aromatic rings. The van der Waals surface area contributed by atoms with E-state index >= 15 is 0 Å². The number of aryl methyl sites for hydroxylation is 1. The lowest BCUT2D eigenvalue weighted by molar-refractivity contribution is -0.127. The van der Waals surface area contributed by atoms with Gasteiger partial charge < -0.3 is 15.9 Å². The summed E-state index contributed by atoms with van der Waals surface area (Å²) in [4.78, 5) is 28.2. The van der Waals surface area contributed by atoms with Gasteiger partial charge in [-0.3, -0.25) is 14.3 Å². The van der Waals surface area contributed by atoms with Crippen LogP contribution in [0.15, 0.2) is 29.6 Å². The Bertz CT molecular complexity index is 780. The maximum absolute atomic E-state index is 12.3. The van der Waals surface area contributed by atoms with E-state index in [-0.39, 0.29) is 12.5 Å². The van der Waals surface area contributed by atoms with Crippen LogP contribution in [0.25, 0.3) is 10.9 Å². The standard InChI is InChI=1S/C14H15N5O3/c1-19-11-4-2-3-9(10(11)7-17-19)14(21)16-6-8-5-12(13(15)20)22-18-8/h2-4,7,12H,5-6H2,1H3,(H2,15,20)(H,16,21). The first-order chi connectivity index (χ1) is 10.6. The highest BCUT2D eigenvalue weighted by atomic mass is 16.6. The van der Waals surface area contributed by atoms with Gasteiger partial charge in [-0.25, -0.2) is 0 Å². The van der Waals surface area contributed by atoms with Gasteiger partial charge in [0, 0.05) is 18.9 Å². The molecule has 8 heteroatoms. The first-order valence-electron chi connectivity index (χ1n) is 6.76. The second-order valence-corrected chi connectivity index (χ2v) is 5.05. The van der Waals surface area contributed by atoms with E-state index in [1.165, 1.54) is 0 Å². The molecule has 0 saturated heterocycles. The van der Waals surface area contributed by atoms with Crippen LogP contribution >= 0.6 is 0 Å². The third kappa shape index (κ3) is 2.50. The van der Waals surface area contributed by atoms with Crippen molar-refractivity contribution in [2.45, 2.75) is 12.5 Å². The minimum absolute atomic E-state index is 0.208. The third-order valence-electron chi connectivity index (χ3n) is 3.54. The molecule has 3 N–H and O–H groups in total. The number of oxime groups is 1. The number of rotatable bonds is 4. The van der Waals surface area contributed by atoms with Crippen LogP contribution in [-0.2, 0) is 16.7 Å². The van der Waals surface area contributed by atoms with Crippen molar-refractivity contribution in [3.63, 3.8) is 0 Å². The van der Waals surface area contributed by atoms with Crippen molar-refractivity contribution >= 4 is 28.4 Å². The first-order valence-corrected chi connectivity index (χ1v) is 6.76. The zero-order chi connectivity index (χ0) is 15.7. The summed E-state index contributed by atoms with van der Waals surface area (Å²) in [5, 5.41) is 11.4. The van der Waals surface area contributed by atoms with Crippen molar-refractivity contribution in [2.24, 2.45) is 17.9 Å². The SMILES string of the molecule is Cn1ncc2c(C(=O)NCC3=NOC(C(N)=O)C3)cccc21. The number of hydrogen-bond donors (Lipinski definition) is 2. The Kier molecular flexibility index (Phi) is 3.50. The van der Waals surface area contributed by atoms with Gasteiger partial charge >= 0.3 is 0 Å². The van der Waals surface area contributed by atoms with Crippen LogP contribution in [0.5, 0.6) is 0 Å². The Hall–Kier alpha value is -2.90. The van der Waals surface area contributed by atoms with Gasteiger partial charge in [-0.15, -0.1) is 0 Å². The van der Waals surface area contributed by atoms with Crippen molar-refractivity contribution < 1.29 is 14.4 Å². The molecule has 0 spiro atoms. The fraction of sp³-hybridized carbons (Fsp3) is 0.286. The summed E-state index contributed by atoms with van der Waals surface area (Å²) in [6.45, 7) is 0.208. The minimum Gasteiger partial charge on any atom is -0.382 e. The number of nitrogens with zero attached hydrogens (tertiary/aromatic N) is 3. The number of aromatic nitrogens is 2. The van der Waals surface area contributed by atoms with E-state index < -0.39 is 12.0 Å². The average molecular weight is 301 g/mol. The molecule has 0 radical (unpaired) electrons. The van der Waals surface area contributed by atoms with E-state index in [1.54, 1.807) is 23.0 Å². The van der Waals surface area contributed by atoms with Crippen molar-refractivity contribution in [3.05, 3.63) is 30.0 Å². The number of fused-ring (bicyclic) bond motifs is 1. The number of primary amides is 1. The van der Waals surface area contributed by atoms with Crippen LogP contribution in [0.2, 0.25) is 0 Å². The number of carbonyl (C=O) groups excluding carboxylic acids is 2. The highest BCUT2D eigenvalue weighted by Crippen LogP contribution is 2.17. The van der Waals surface area contributed by atoms with Crippen molar-refractivity contribution in [2.75, 3.05) is 6.54 Å². The molecule has 0 aliphatic carbocycles. The summed E-state index contributed by atoms with van der Waals surface area (Å²) in [5.41, 5.74) is 7.13. The molecule has 2 heterocycles. The van der Waals surface area contributed by atoms with Gasteiger partial charge in [0.25, 0.3) is 11.8 Å². The van der Waals surface area contributed by atoms with Crippen LogP contribution in [-0.4, -0.2) is 40.0 Å². The van der Waals surface area contributed by atoms with Crippen LogP contribution in [0.1, 0.15) is 16.8 Å². The maximum atomic E-state index is 12.3. The quantitative estimate of drug-likeness (QED) is 0.823. The smallest absolute Gasteiger partial charge is 0.261 e. The molecular weight excluding hydrogens is 286 g/mol. The van der Waals surface area contributed by atoms with Gasteiger partial charge in [0.05, 0.1) is 29.5 Å². The molecule has 2 amide bonds. The second kappa shape index (κ2) is 5.47. The number of nitrogens with two attached hydrogens (primary N) is 1. The van der Waals surface area contributed by atoms with Crippen LogP contribution < -0.4 is 11.1 Å². The molecule has 0 fully saturated rings. The third-order valence-corrected chi connectivity index (χ3v) is 3.54. The fourth-order valence-electron chi connectivity index (χ4n) is 2.34. The van der Waals surface area contributed by atoms with E-state index in [1.807, 2.05) is 13.1 Å². The largest absolute Gasteiger partial charge is 0.382 e. The molecule has 0 saturated carbocycles. The molecule has 1 atom stereocenters. The zero-order valence-electron chi connectivity index (χ0n) is 11.9. The van der Waals surface area contributed by atoms with E-state index in [0.29, 0.717) is 17.7 Å². The average Bonchev–Trinajstić information content (AvgIpc) is 3.12. The molecule has 3 rings (SSSR count). The predicted octanol–water partition coefficient (Wildman–Crippen LogP) is -0.0667. The topological polar surface area (TPSA) is 112 Å². The lowest BCUT2D eigenvalue weighted by Gasteiger charge is -2.06. The Morgan fingerprint density at radius 3 is 3.05 bits per heavy atom. The van der Waals surface area contributed by atoms with Gasteiger partial charge in [-0.1, -0.05) is 11.2 Å². The summed E-state index contributed by atoms with van der Waals surface area (Å²) in [6, 6.07) is 5.43. The Morgan fingerprint density at radius 2 is 2.32 bits per heavy atom. The predicted molar refractivity (Wildman–Crippen MR) is 79.2 cm³/mol. The van der Waals surface area contributed by atoms with Gasteiger partial charge in [-0.05, 0) is 12.1 Å². The first kappa shape index (κ1) is 14.1. The van der Waals surface area contributed by atoms with Gasteiger partial charge in [0.2, 0.25) is 6.10 Å². The lowest BCUT2D eigenvalue weighted by atomic mass is 10.1. The molecule has 1 aliphatic heterocycles. The van der Waals surface area contributed by atoms with Crippen LogP contribution in [0.3, 0.4) is 0 Å². The highest BCUT2D eigenvalue weighted by molar-refractivity contribution is 6.07. The molecule has 1 aromatic carbocycles. The zero-order valence-corrected chi connectivity index (χ0v) is 11.9. The van der Waals surface area contributed by atoms with Gasteiger partial charge in [0.15, 0.2) is 0 Å². The van der Waals surface area contributed by atoms with Crippen molar-refractivity contribution in [1.82, 2.24) is 15.1 Å². The van der Waals surface area contributed by atoms with Crippen LogP contribution in [0.4, 0.5) is 0 Å². The summed E-state index contributed by atoms with van der Waals surface area (Å²) < 4.78 is 1.71. The van der Waals surface area contributed by atoms with E-state index in [4.69, 9.17) is 10.6 Å². The normalized spacial score (nSPS) is 17.1. The van der Waals surface area contributed by atoms with E-state index in [2.05, 4.69) is 15.6 Å². The molecule has 1 aliphatic rings. The summed E-state index contributed by atoms with van der Waals surface area (Å²) in [7, 11) is 1.82. The monoisotopic (exact) mass is 301 g/mol. The summed E-state index contributed by atoms with van der Waals surface area (Å²) >= 11 is 0. The molecule has 1 unspecified atom stereocenters. The molecule has 8 nitrogen and oxygen atoms in total. The minimum atomic E-state index is -0.742. The Balaban J connectivity index is 1.69. The summed E-state index contributed by atoms with van der Waals surface area (Å²) in [5.74, 6) is -0.797. The second-order valence-electron chi connectivity index (χ2n) is 5.05. The number of hydrogen-bond acceptors (Lipinski definition) is 5. The maximum Gasteiger partial charge on any atom is 0.261 e. The Labute approximate surface area is 125 Å². The Morgan fingerprint density at radius 1 is 1.50 bits per heavy atom. The van der Waals surface area contributed by atoms with E-state index in [0.717, 1.165) is 10.9 Å². The number of benzene rings is 1.